The van der Waals surface area contributed by atoms with Crippen molar-refractivity contribution in [2.45, 2.75) is 11.8 Å². The van der Waals surface area contributed by atoms with Gasteiger partial charge in [-0.2, -0.15) is 0 Å². The van der Waals surface area contributed by atoms with Gasteiger partial charge in [0.1, 0.15) is 4.90 Å². The van der Waals surface area contributed by atoms with Gasteiger partial charge in [0.15, 0.2) is 0 Å². The predicted molar refractivity (Wildman–Crippen MR) is 62.4 cm³/mol. The molecule has 84 valence electrons. The lowest BCUT2D eigenvalue weighted by molar-refractivity contribution is 0.563. The number of hydrogen-bond acceptors (Lipinski definition) is 3. The highest BCUT2D eigenvalue weighted by atomic mass is 79.9. The molecule has 0 aliphatic heterocycles. The zero-order valence-electron chi connectivity index (χ0n) is 8.35. The van der Waals surface area contributed by atoms with E-state index in [0.29, 0.717) is 6.54 Å². The van der Waals surface area contributed by atoms with E-state index in [-0.39, 0.29) is 10.8 Å². The molecule has 0 fully saturated rings. The number of rotatable bonds is 5. The Balaban J connectivity index is 2.69. The lowest BCUT2D eigenvalue weighted by Gasteiger charge is -2.09. The summed E-state index contributed by atoms with van der Waals surface area (Å²) < 4.78 is 25.9. The molecule has 15 heavy (non-hydrogen) atoms. The van der Waals surface area contributed by atoms with Crippen LogP contribution in [0.5, 0.6) is 0 Å². The van der Waals surface area contributed by atoms with Gasteiger partial charge in [-0.1, -0.05) is 22.9 Å². The second-order valence-electron chi connectivity index (χ2n) is 3.30. The number of hydrogen-bond donors (Lipinski definition) is 1. The Kier molecular flexibility index (Phi) is 4.69. The molecule has 6 heteroatoms. The molecular weight excluding hydrogens is 280 g/mol. The first kappa shape index (κ1) is 12.6. The molecular formula is C9H13BrN2O2S. The van der Waals surface area contributed by atoms with E-state index in [1.54, 1.807) is 12.3 Å². The molecule has 0 bridgehead atoms. The summed E-state index contributed by atoms with van der Waals surface area (Å²) in [4.78, 5) is 3.97. The van der Waals surface area contributed by atoms with Crippen LogP contribution in [0.4, 0.5) is 0 Å². The molecule has 1 aromatic heterocycles. The smallest absolute Gasteiger partial charge is 0.242 e. The molecule has 0 aliphatic rings. The van der Waals surface area contributed by atoms with Crippen LogP contribution in [0.1, 0.15) is 6.92 Å². The highest BCUT2D eigenvalue weighted by Crippen LogP contribution is 2.06. The third-order valence-electron chi connectivity index (χ3n) is 1.83. The molecule has 0 aromatic carbocycles. The Morgan fingerprint density at radius 2 is 2.33 bits per heavy atom. The van der Waals surface area contributed by atoms with Crippen molar-refractivity contribution in [2.75, 3.05) is 11.9 Å². The zero-order chi connectivity index (χ0) is 11.3. The minimum absolute atomic E-state index is 0.201. The second-order valence-corrected chi connectivity index (χ2v) is 5.71. The van der Waals surface area contributed by atoms with E-state index in [1.165, 1.54) is 12.3 Å². The van der Waals surface area contributed by atoms with Crippen molar-refractivity contribution >= 4 is 26.0 Å². The number of nitrogens with zero attached hydrogens (tertiary/aromatic N) is 1. The van der Waals surface area contributed by atoms with Gasteiger partial charge in [-0.25, -0.2) is 13.1 Å². The largest absolute Gasteiger partial charge is 0.263 e. The second kappa shape index (κ2) is 5.58. The van der Waals surface area contributed by atoms with Crippen LogP contribution in [0.15, 0.2) is 29.4 Å². The number of aromatic nitrogens is 1. The van der Waals surface area contributed by atoms with E-state index >= 15 is 0 Å². The van der Waals surface area contributed by atoms with Gasteiger partial charge in [0.05, 0.1) is 0 Å². The molecule has 0 aliphatic carbocycles. The minimum Gasteiger partial charge on any atom is -0.263 e. The standard InChI is InChI=1S/C9H13BrN2O2S/c1-8(5-10)6-12-15(13,14)9-3-2-4-11-7-9/h2-4,7-8,12H,5-6H2,1H3. The van der Waals surface area contributed by atoms with Gasteiger partial charge in [0.25, 0.3) is 0 Å². The fourth-order valence-electron chi connectivity index (χ4n) is 0.896. The predicted octanol–water partition coefficient (Wildman–Crippen LogP) is 1.39. The van der Waals surface area contributed by atoms with Crippen molar-refractivity contribution in [3.63, 3.8) is 0 Å². The van der Waals surface area contributed by atoms with Crippen LogP contribution in [0.2, 0.25) is 0 Å². The summed E-state index contributed by atoms with van der Waals surface area (Å²) in [5.41, 5.74) is 0. The average molecular weight is 293 g/mol. The fraction of sp³-hybridized carbons (Fsp3) is 0.444. The van der Waals surface area contributed by atoms with Gasteiger partial charge in [0, 0.05) is 24.3 Å². The molecule has 1 atom stereocenters. The van der Waals surface area contributed by atoms with Gasteiger partial charge in [-0.15, -0.1) is 0 Å². The molecule has 0 radical (unpaired) electrons. The van der Waals surface area contributed by atoms with Crippen LogP contribution in [-0.4, -0.2) is 25.3 Å². The Bertz CT molecular complexity index is 394. The third kappa shape index (κ3) is 3.89. The number of alkyl halides is 1. The topological polar surface area (TPSA) is 59.1 Å². The van der Waals surface area contributed by atoms with Gasteiger partial charge < -0.3 is 0 Å². The summed E-state index contributed by atoms with van der Waals surface area (Å²) in [6.07, 6.45) is 2.88. The molecule has 1 aromatic rings. The Morgan fingerprint density at radius 3 is 2.87 bits per heavy atom. The van der Waals surface area contributed by atoms with Crippen LogP contribution in [-0.2, 0) is 10.0 Å². The molecule has 1 unspecified atom stereocenters. The zero-order valence-corrected chi connectivity index (χ0v) is 10.8. The molecule has 0 amide bonds. The highest BCUT2D eigenvalue weighted by molar-refractivity contribution is 9.09. The first-order chi connectivity index (χ1) is 7.06. The first-order valence-corrected chi connectivity index (χ1v) is 7.12. The molecule has 1 N–H and O–H groups in total. The van der Waals surface area contributed by atoms with E-state index in [9.17, 15) is 8.42 Å². The molecule has 4 nitrogen and oxygen atoms in total. The van der Waals surface area contributed by atoms with Crippen molar-refractivity contribution in [3.05, 3.63) is 24.5 Å². The van der Waals surface area contributed by atoms with Gasteiger partial charge in [-0.05, 0) is 18.1 Å². The van der Waals surface area contributed by atoms with Crippen LogP contribution in [0.3, 0.4) is 0 Å². The molecule has 1 rings (SSSR count). The lowest BCUT2D eigenvalue weighted by atomic mass is 10.2. The molecule has 0 spiro atoms. The summed E-state index contributed by atoms with van der Waals surface area (Å²) in [5, 5.41) is 0.766. The molecule has 1 heterocycles. The minimum atomic E-state index is -3.40. The Labute approximate surface area is 98.3 Å². The fourth-order valence-corrected chi connectivity index (χ4v) is 2.25. The highest BCUT2D eigenvalue weighted by Gasteiger charge is 2.14. The third-order valence-corrected chi connectivity index (χ3v) is 4.34. The van der Waals surface area contributed by atoms with E-state index < -0.39 is 10.0 Å². The summed E-state index contributed by atoms with van der Waals surface area (Å²) in [5.74, 6) is 0.261. The maximum Gasteiger partial charge on any atom is 0.242 e. The Hall–Kier alpha value is -0.460. The van der Waals surface area contributed by atoms with E-state index in [0.717, 1.165) is 5.33 Å². The van der Waals surface area contributed by atoms with E-state index in [1.807, 2.05) is 6.92 Å². The van der Waals surface area contributed by atoms with Gasteiger partial charge in [-0.3, -0.25) is 4.98 Å². The monoisotopic (exact) mass is 292 g/mol. The van der Waals surface area contributed by atoms with Crippen molar-refractivity contribution in [1.82, 2.24) is 9.71 Å². The van der Waals surface area contributed by atoms with Crippen molar-refractivity contribution in [3.8, 4) is 0 Å². The first-order valence-electron chi connectivity index (χ1n) is 4.52. The van der Waals surface area contributed by atoms with Crippen molar-refractivity contribution in [1.29, 1.82) is 0 Å². The number of halogens is 1. The van der Waals surface area contributed by atoms with Crippen molar-refractivity contribution < 1.29 is 8.42 Å². The van der Waals surface area contributed by atoms with Crippen molar-refractivity contribution in [2.24, 2.45) is 5.92 Å². The number of pyridine rings is 1. The lowest BCUT2D eigenvalue weighted by Crippen LogP contribution is -2.29. The van der Waals surface area contributed by atoms with E-state index in [4.69, 9.17) is 0 Å². The number of nitrogens with one attached hydrogen (secondary N) is 1. The van der Waals surface area contributed by atoms with Gasteiger partial charge >= 0.3 is 0 Å². The summed E-state index contributed by atoms with van der Waals surface area (Å²) in [6, 6.07) is 3.12. The van der Waals surface area contributed by atoms with E-state index in [2.05, 4.69) is 25.6 Å². The summed E-state index contributed by atoms with van der Waals surface area (Å²) in [7, 11) is -3.40. The van der Waals surface area contributed by atoms with Crippen LogP contribution >= 0.6 is 15.9 Å². The summed E-state index contributed by atoms with van der Waals surface area (Å²) in [6.45, 7) is 2.38. The maximum atomic E-state index is 11.7. The number of sulfonamides is 1. The Morgan fingerprint density at radius 1 is 1.60 bits per heavy atom. The van der Waals surface area contributed by atoms with Crippen LogP contribution < -0.4 is 4.72 Å². The average Bonchev–Trinajstić information content (AvgIpc) is 2.27. The maximum absolute atomic E-state index is 11.7. The van der Waals surface area contributed by atoms with Crippen LogP contribution in [0, 0.1) is 5.92 Å². The summed E-state index contributed by atoms with van der Waals surface area (Å²) >= 11 is 3.29. The van der Waals surface area contributed by atoms with Gasteiger partial charge in [0.2, 0.25) is 10.0 Å². The van der Waals surface area contributed by atoms with Crippen LogP contribution in [0.25, 0.3) is 0 Å². The normalized spacial score (nSPS) is 13.7. The SMILES string of the molecule is CC(CBr)CNS(=O)(=O)c1cccnc1. The molecule has 0 saturated heterocycles. The molecule has 0 saturated carbocycles. The quantitative estimate of drug-likeness (QED) is 0.835.